The highest BCUT2D eigenvalue weighted by Crippen LogP contribution is 2.28. The number of carbonyl (C=O) groups excluding carboxylic acids is 1. The summed E-state index contributed by atoms with van der Waals surface area (Å²) in [5.74, 6) is -0.252. The Morgan fingerprint density at radius 3 is 2.56 bits per heavy atom. The topological polar surface area (TPSA) is 66.5 Å². The van der Waals surface area contributed by atoms with Gasteiger partial charge >= 0.3 is 0 Å². The van der Waals surface area contributed by atoms with Crippen molar-refractivity contribution in [3.8, 4) is 0 Å². The molecule has 27 heavy (non-hydrogen) atoms. The third-order valence-electron chi connectivity index (χ3n) is 5.09. The van der Waals surface area contributed by atoms with Gasteiger partial charge in [-0.1, -0.05) is 49.7 Å². The van der Waals surface area contributed by atoms with Gasteiger partial charge in [-0.05, 0) is 49.4 Å². The number of rotatable bonds is 5. The van der Waals surface area contributed by atoms with E-state index < -0.39 is 16.1 Å². The lowest BCUT2D eigenvalue weighted by molar-refractivity contribution is -0.120. The molecule has 0 saturated carbocycles. The van der Waals surface area contributed by atoms with Crippen molar-refractivity contribution in [1.82, 2.24) is 4.31 Å². The lowest BCUT2D eigenvalue weighted by Gasteiger charge is -2.34. The third-order valence-corrected chi connectivity index (χ3v) is 7.02. The number of carbonyl (C=O) groups is 1. The summed E-state index contributed by atoms with van der Waals surface area (Å²) in [4.78, 5) is 13.3. The average molecular weight is 387 g/mol. The van der Waals surface area contributed by atoms with Gasteiger partial charge in [-0.3, -0.25) is 4.79 Å². The van der Waals surface area contributed by atoms with Crippen LogP contribution in [0.2, 0.25) is 0 Å². The van der Waals surface area contributed by atoms with E-state index >= 15 is 0 Å². The van der Waals surface area contributed by atoms with Crippen molar-refractivity contribution < 1.29 is 13.2 Å². The number of nitrogens with zero attached hydrogens (tertiary/aromatic N) is 1. The largest absolute Gasteiger partial charge is 0.324 e. The number of hydrogen-bond acceptors (Lipinski definition) is 3. The highest BCUT2D eigenvalue weighted by atomic mass is 32.2. The first-order valence-electron chi connectivity index (χ1n) is 9.41. The Morgan fingerprint density at radius 2 is 1.85 bits per heavy atom. The Balaban J connectivity index is 1.89. The van der Waals surface area contributed by atoms with Crippen LogP contribution in [0, 0.1) is 6.92 Å². The number of benzene rings is 2. The second-order valence-electron chi connectivity index (χ2n) is 6.89. The van der Waals surface area contributed by atoms with Gasteiger partial charge in [0.1, 0.15) is 6.04 Å². The Bertz CT molecular complexity index is 910. The zero-order chi connectivity index (χ0) is 19.4. The fourth-order valence-corrected chi connectivity index (χ4v) is 5.27. The molecule has 2 aromatic rings. The molecular formula is C21H26N2O3S. The molecule has 1 heterocycles. The zero-order valence-corrected chi connectivity index (χ0v) is 16.6. The number of sulfonamides is 1. The maximum atomic E-state index is 13.1. The SMILES string of the molecule is CCc1cccc(C)c1NC(=O)[C@H]1CCCCN1S(=O)(=O)c1ccccc1. The van der Waals surface area contributed by atoms with E-state index in [0.29, 0.717) is 13.0 Å². The number of anilines is 1. The molecule has 1 N–H and O–H groups in total. The summed E-state index contributed by atoms with van der Waals surface area (Å²) in [5, 5.41) is 3.01. The minimum absolute atomic E-state index is 0.231. The molecule has 144 valence electrons. The van der Waals surface area contributed by atoms with Crippen LogP contribution in [0.3, 0.4) is 0 Å². The standard InChI is InChI=1S/C21H26N2O3S/c1-3-17-11-9-10-16(2)20(17)22-21(24)19-14-7-8-15-23(19)27(25,26)18-12-5-4-6-13-18/h4-6,9-13,19H,3,7-8,14-15H2,1-2H3,(H,22,24)/t19-/m1/s1. The first-order valence-corrected chi connectivity index (χ1v) is 10.9. The van der Waals surface area contributed by atoms with Crippen LogP contribution in [0.25, 0.3) is 0 Å². The smallest absolute Gasteiger partial charge is 0.243 e. The monoisotopic (exact) mass is 386 g/mol. The van der Waals surface area contributed by atoms with E-state index in [1.54, 1.807) is 30.3 Å². The fourth-order valence-electron chi connectivity index (χ4n) is 3.59. The molecule has 6 heteroatoms. The summed E-state index contributed by atoms with van der Waals surface area (Å²) >= 11 is 0. The minimum atomic E-state index is -3.70. The molecule has 0 spiro atoms. The zero-order valence-electron chi connectivity index (χ0n) is 15.8. The molecule has 0 unspecified atom stereocenters. The van der Waals surface area contributed by atoms with Crippen LogP contribution in [0.15, 0.2) is 53.4 Å². The molecule has 0 aliphatic carbocycles. The van der Waals surface area contributed by atoms with E-state index in [1.807, 2.05) is 32.0 Å². The summed E-state index contributed by atoms with van der Waals surface area (Å²) < 4.78 is 27.5. The Kier molecular flexibility index (Phi) is 5.97. The summed E-state index contributed by atoms with van der Waals surface area (Å²) in [6.07, 6.45) is 2.94. The van der Waals surface area contributed by atoms with Gasteiger partial charge < -0.3 is 5.32 Å². The number of aryl methyl sites for hydroxylation is 2. The first kappa shape index (κ1) is 19.6. The Hall–Kier alpha value is -2.18. The van der Waals surface area contributed by atoms with E-state index in [-0.39, 0.29) is 10.8 Å². The molecular weight excluding hydrogens is 360 g/mol. The molecule has 1 saturated heterocycles. The molecule has 0 radical (unpaired) electrons. The van der Waals surface area contributed by atoms with Gasteiger partial charge in [0.05, 0.1) is 4.90 Å². The van der Waals surface area contributed by atoms with Crippen LogP contribution < -0.4 is 5.32 Å². The molecule has 1 amide bonds. The average Bonchev–Trinajstić information content (AvgIpc) is 2.70. The Labute approximate surface area is 161 Å². The van der Waals surface area contributed by atoms with Crippen molar-refractivity contribution >= 4 is 21.6 Å². The van der Waals surface area contributed by atoms with Gasteiger partial charge in [0.2, 0.25) is 15.9 Å². The second-order valence-corrected chi connectivity index (χ2v) is 8.78. The molecule has 1 aliphatic heterocycles. The Morgan fingerprint density at radius 1 is 1.11 bits per heavy atom. The summed E-state index contributed by atoms with van der Waals surface area (Å²) in [6, 6.07) is 13.6. The summed E-state index contributed by atoms with van der Waals surface area (Å²) in [5.41, 5.74) is 2.83. The first-order chi connectivity index (χ1) is 12.9. The molecule has 3 rings (SSSR count). The van der Waals surface area contributed by atoms with Gasteiger partial charge in [-0.25, -0.2) is 8.42 Å². The molecule has 0 bridgehead atoms. The van der Waals surface area contributed by atoms with Crippen LogP contribution in [-0.4, -0.2) is 31.2 Å². The van der Waals surface area contributed by atoms with Crippen molar-refractivity contribution in [3.63, 3.8) is 0 Å². The van der Waals surface area contributed by atoms with Crippen LogP contribution in [-0.2, 0) is 21.2 Å². The van der Waals surface area contributed by atoms with E-state index in [0.717, 1.165) is 36.1 Å². The molecule has 1 fully saturated rings. The predicted octanol–water partition coefficient (Wildman–Crippen LogP) is 3.74. The van der Waals surface area contributed by atoms with Gasteiger partial charge in [0.15, 0.2) is 0 Å². The molecule has 5 nitrogen and oxygen atoms in total. The number of piperidine rings is 1. The maximum Gasteiger partial charge on any atom is 0.243 e. The second kappa shape index (κ2) is 8.23. The lowest BCUT2D eigenvalue weighted by atomic mass is 10.0. The number of para-hydroxylation sites is 1. The quantitative estimate of drug-likeness (QED) is 0.851. The normalized spacial score (nSPS) is 18.2. The van der Waals surface area contributed by atoms with Gasteiger partial charge in [0, 0.05) is 12.2 Å². The molecule has 2 aromatic carbocycles. The number of hydrogen-bond donors (Lipinski definition) is 1. The van der Waals surface area contributed by atoms with E-state index in [9.17, 15) is 13.2 Å². The van der Waals surface area contributed by atoms with Crippen molar-refractivity contribution in [2.45, 2.75) is 50.5 Å². The number of nitrogens with one attached hydrogen (secondary N) is 1. The highest BCUT2D eigenvalue weighted by molar-refractivity contribution is 7.89. The molecule has 1 atom stereocenters. The van der Waals surface area contributed by atoms with Gasteiger partial charge in [-0.2, -0.15) is 4.31 Å². The van der Waals surface area contributed by atoms with Crippen molar-refractivity contribution in [3.05, 3.63) is 59.7 Å². The summed E-state index contributed by atoms with van der Waals surface area (Å²) in [7, 11) is -3.70. The van der Waals surface area contributed by atoms with Crippen molar-refractivity contribution in [2.24, 2.45) is 0 Å². The molecule has 1 aliphatic rings. The lowest BCUT2D eigenvalue weighted by Crippen LogP contribution is -2.49. The van der Waals surface area contributed by atoms with Crippen LogP contribution >= 0.6 is 0 Å². The van der Waals surface area contributed by atoms with Crippen molar-refractivity contribution in [2.75, 3.05) is 11.9 Å². The van der Waals surface area contributed by atoms with Crippen LogP contribution in [0.4, 0.5) is 5.69 Å². The van der Waals surface area contributed by atoms with E-state index in [1.165, 1.54) is 4.31 Å². The summed E-state index contributed by atoms with van der Waals surface area (Å²) in [6.45, 7) is 4.36. The predicted molar refractivity (Wildman–Crippen MR) is 107 cm³/mol. The van der Waals surface area contributed by atoms with Gasteiger partial charge in [-0.15, -0.1) is 0 Å². The van der Waals surface area contributed by atoms with Gasteiger partial charge in [0.25, 0.3) is 0 Å². The van der Waals surface area contributed by atoms with E-state index in [4.69, 9.17) is 0 Å². The van der Waals surface area contributed by atoms with Crippen LogP contribution in [0.5, 0.6) is 0 Å². The van der Waals surface area contributed by atoms with Crippen LogP contribution in [0.1, 0.15) is 37.3 Å². The van der Waals surface area contributed by atoms with E-state index in [2.05, 4.69) is 5.32 Å². The third kappa shape index (κ3) is 4.06. The highest BCUT2D eigenvalue weighted by Gasteiger charge is 2.37. The molecule has 0 aromatic heterocycles. The minimum Gasteiger partial charge on any atom is -0.324 e. The van der Waals surface area contributed by atoms with Crippen molar-refractivity contribution in [1.29, 1.82) is 0 Å². The fraction of sp³-hybridized carbons (Fsp3) is 0.381. The maximum absolute atomic E-state index is 13.1. The number of amides is 1.